The van der Waals surface area contributed by atoms with Crippen LogP contribution in [0.1, 0.15) is 17.7 Å². The summed E-state index contributed by atoms with van der Waals surface area (Å²) in [7, 11) is 5.67. The molecule has 2 aliphatic rings. The van der Waals surface area contributed by atoms with E-state index in [1.165, 1.54) is 0 Å². The van der Waals surface area contributed by atoms with Crippen molar-refractivity contribution in [3.63, 3.8) is 0 Å². The quantitative estimate of drug-likeness (QED) is 0.629. The second-order valence-electron chi connectivity index (χ2n) is 7.84. The minimum Gasteiger partial charge on any atom is -0.497 e. The Kier molecular flexibility index (Phi) is 6.34. The fraction of sp³-hybridized carbons (Fsp3) is 0.435. The summed E-state index contributed by atoms with van der Waals surface area (Å²) in [5.74, 6) is 0.756. The third-order valence-electron chi connectivity index (χ3n) is 5.35. The lowest BCUT2D eigenvalue weighted by atomic mass is 10.1. The Morgan fingerprint density at radius 3 is 2.47 bits per heavy atom. The van der Waals surface area contributed by atoms with Crippen molar-refractivity contribution in [2.75, 3.05) is 39.2 Å². The molecule has 2 aromatic rings. The monoisotopic (exact) mass is 428 g/mol. The highest BCUT2D eigenvalue weighted by molar-refractivity contribution is 7.99. The summed E-state index contributed by atoms with van der Waals surface area (Å²) >= 11 is 1.67. The molecule has 2 aliphatic heterocycles. The minimum atomic E-state index is -0.645. The lowest BCUT2D eigenvalue weighted by Gasteiger charge is -2.28. The number of amides is 1. The van der Waals surface area contributed by atoms with Crippen molar-refractivity contribution < 1.29 is 19.0 Å². The van der Waals surface area contributed by atoms with Crippen LogP contribution in [0.3, 0.4) is 0 Å². The number of carbonyl (C=O) groups is 1. The van der Waals surface area contributed by atoms with E-state index in [2.05, 4.69) is 11.0 Å². The van der Waals surface area contributed by atoms with E-state index in [1.807, 2.05) is 68.4 Å². The molecule has 6 nitrogen and oxygen atoms in total. The van der Waals surface area contributed by atoms with Crippen LogP contribution in [0.25, 0.3) is 0 Å². The maximum absolute atomic E-state index is 13.8. The van der Waals surface area contributed by atoms with Gasteiger partial charge in [0.05, 0.1) is 18.0 Å². The zero-order chi connectivity index (χ0) is 21.3. The van der Waals surface area contributed by atoms with Crippen molar-refractivity contribution in [2.24, 2.45) is 0 Å². The summed E-state index contributed by atoms with van der Waals surface area (Å²) in [5.41, 5.74) is 1.96. The number of carbonyl (C=O) groups excluding carboxylic acids is 1. The van der Waals surface area contributed by atoms with E-state index in [1.54, 1.807) is 18.9 Å². The van der Waals surface area contributed by atoms with Gasteiger partial charge in [0.25, 0.3) is 5.91 Å². The molecule has 1 fully saturated rings. The Morgan fingerprint density at radius 2 is 1.83 bits per heavy atom. The summed E-state index contributed by atoms with van der Waals surface area (Å²) in [5, 5.41) is -0.190. The molecular formula is C23H28N2O4S. The molecule has 0 aromatic heterocycles. The summed E-state index contributed by atoms with van der Waals surface area (Å²) in [6, 6.07) is 15.9. The van der Waals surface area contributed by atoms with E-state index in [-0.39, 0.29) is 23.6 Å². The van der Waals surface area contributed by atoms with Crippen molar-refractivity contribution in [3.8, 4) is 5.75 Å². The molecule has 0 spiro atoms. The number of fused-ring (bicyclic) bond motifs is 1. The number of epoxide rings is 1. The highest BCUT2D eigenvalue weighted by atomic mass is 32.2. The molecule has 4 atom stereocenters. The van der Waals surface area contributed by atoms with Crippen molar-refractivity contribution in [2.45, 2.75) is 35.6 Å². The molecule has 1 saturated heterocycles. The second-order valence-corrected chi connectivity index (χ2v) is 9.02. The molecule has 0 saturated carbocycles. The predicted octanol–water partition coefficient (Wildman–Crippen LogP) is 3.57. The largest absolute Gasteiger partial charge is 0.497 e. The summed E-state index contributed by atoms with van der Waals surface area (Å²) in [6.45, 7) is 3.32. The van der Waals surface area contributed by atoms with Crippen LogP contribution in [-0.2, 0) is 14.3 Å². The zero-order valence-corrected chi connectivity index (χ0v) is 18.6. The first-order valence-corrected chi connectivity index (χ1v) is 11.0. The maximum Gasteiger partial charge on any atom is 0.257 e. The molecule has 0 bridgehead atoms. The van der Waals surface area contributed by atoms with Crippen LogP contribution in [0.5, 0.6) is 5.75 Å². The number of anilines is 1. The first-order chi connectivity index (χ1) is 14.5. The Labute approximate surface area is 182 Å². The van der Waals surface area contributed by atoms with E-state index >= 15 is 0 Å². The molecule has 1 amide bonds. The van der Waals surface area contributed by atoms with Gasteiger partial charge in [-0.05, 0) is 50.8 Å². The Hall–Kier alpha value is -2.06. The van der Waals surface area contributed by atoms with Crippen molar-refractivity contribution in [1.29, 1.82) is 0 Å². The number of ether oxygens (including phenoxy) is 3. The molecule has 160 valence electrons. The molecule has 7 heteroatoms. The standard InChI is InChI=1S/C23H28N2O4S/c1-15-23(28-15)29-20-21(16-9-11-17(27-4)12-10-16)30-19-8-6-5-7-18(19)25(22(20)26)14-13-24(2)3/h5-12,15,20-21,23H,13-14H2,1-4H3/t15?,20-,21+,23?/m1/s1. The van der Waals surface area contributed by atoms with Gasteiger partial charge >= 0.3 is 0 Å². The van der Waals surface area contributed by atoms with Crippen LogP contribution >= 0.6 is 11.8 Å². The van der Waals surface area contributed by atoms with Gasteiger partial charge in [0, 0.05) is 18.0 Å². The number of benzene rings is 2. The SMILES string of the molecule is COc1ccc([C@@H]2Sc3ccccc3N(CCN(C)C)C(=O)[C@@H]2OC2OC2C)cc1. The number of para-hydroxylation sites is 1. The number of methoxy groups -OCH3 is 1. The van der Waals surface area contributed by atoms with Gasteiger partial charge in [-0.25, -0.2) is 0 Å². The van der Waals surface area contributed by atoms with Crippen molar-refractivity contribution in [1.82, 2.24) is 4.90 Å². The smallest absolute Gasteiger partial charge is 0.257 e. The van der Waals surface area contributed by atoms with Crippen LogP contribution in [0, 0.1) is 0 Å². The van der Waals surface area contributed by atoms with Gasteiger partial charge in [-0.3, -0.25) is 4.79 Å². The third-order valence-corrected chi connectivity index (χ3v) is 6.72. The number of hydrogen-bond donors (Lipinski definition) is 0. The van der Waals surface area contributed by atoms with Crippen LogP contribution in [0.2, 0.25) is 0 Å². The van der Waals surface area contributed by atoms with Crippen molar-refractivity contribution in [3.05, 3.63) is 54.1 Å². The Bertz CT molecular complexity index is 889. The average molecular weight is 429 g/mol. The molecule has 2 aromatic carbocycles. The Balaban J connectivity index is 1.73. The maximum atomic E-state index is 13.8. The zero-order valence-electron chi connectivity index (χ0n) is 17.8. The molecule has 0 aliphatic carbocycles. The second kappa shape index (κ2) is 8.98. The highest BCUT2D eigenvalue weighted by Crippen LogP contribution is 2.47. The highest BCUT2D eigenvalue weighted by Gasteiger charge is 2.45. The van der Waals surface area contributed by atoms with Gasteiger partial charge in [0.1, 0.15) is 11.9 Å². The van der Waals surface area contributed by atoms with Crippen LogP contribution in [0.4, 0.5) is 5.69 Å². The molecule has 30 heavy (non-hydrogen) atoms. The van der Waals surface area contributed by atoms with Crippen LogP contribution in [0.15, 0.2) is 53.4 Å². The topological polar surface area (TPSA) is 54.5 Å². The molecular weight excluding hydrogens is 400 g/mol. The van der Waals surface area contributed by atoms with Gasteiger partial charge in [-0.1, -0.05) is 24.3 Å². The van der Waals surface area contributed by atoms with Gasteiger partial charge in [-0.15, -0.1) is 11.8 Å². The van der Waals surface area contributed by atoms with E-state index in [4.69, 9.17) is 14.2 Å². The van der Waals surface area contributed by atoms with Crippen LogP contribution in [-0.4, -0.2) is 63.6 Å². The lowest BCUT2D eigenvalue weighted by Crippen LogP contribution is -2.45. The minimum absolute atomic E-state index is 0.0140. The summed E-state index contributed by atoms with van der Waals surface area (Å²) in [6.07, 6.45) is -0.967. The number of likely N-dealkylation sites (N-methyl/N-ethyl adjacent to an activating group) is 1. The van der Waals surface area contributed by atoms with E-state index in [0.717, 1.165) is 28.4 Å². The molecule has 2 unspecified atom stereocenters. The van der Waals surface area contributed by atoms with Gasteiger partial charge < -0.3 is 24.0 Å². The number of rotatable bonds is 7. The van der Waals surface area contributed by atoms with Crippen LogP contribution < -0.4 is 9.64 Å². The Morgan fingerprint density at radius 1 is 1.13 bits per heavy atom. The fourth-order valence-electron chi connectivity index (χ4n) is 3.53. The summed E-state index contributed by atoms with van der Waals surface area (Å²) < 4.78 is 17.0. The third kappa shape index (κ3) is 4.49. The summed E-state index contributed by atoms with van der Waals surface area (Å²) in [4.78, 5) is 18.8. The first kappa shape index (κ1) is 21.2. The molecule has 0 radical (unpaired) electrons. The van der Waals surface area contributed by atoms with Gasteiger partial charge in [-0.2, -0.15) is 0 Å². The van der Waals surface area contributed by atoms with E-state index in [0.29, 0.717) is 6.54 Å². The average Bonchev–Trinajstić information content (AvgIpc) is 3.47. The van der Waals surface area contributed by atoms with Gasteiger partial charge in [0.15, 0.2) is 12.4 Å². The van der Waals surface area contributed by atoms with E-state index < -0.39 is 6.10 Å². The number of thioether (sulfide) groups is 1. The lowest BCUT2D eigenvalue weighted by molar-refractivity contribution is -0.133. The van der Waals surface area contributed by atoms with Gasteiger partial charge in [0.2, 0.25) is 0 Å². The molecule has 4 rings (SSSR count). The number of nitrogens with zero attached hydrogens (tertiary/aromatic N) is 2. The van der Waals surface area contributed by atoms with Crippen molar-refractivity contribution >= 4 is 23.4 Å². The van der Waals surface area contributed by atoms with E-state index in [9.17, 15) is 4.79 Å². The molecule has 0 N–H and O–H groups in total. The fourth-order valence-corrected chi connectivity index (χ4v) is 4.86. The number of hydrogen-bond acceptors (Lipinski definition) is 6. The normalized spacial score (nSPS) is 25.8. The predicted molar refractivity (Wildman–Crippen MR) is 118 cm³/mol. The first-order valence-electron chi connectivity index (χ1n) is 10.1. The molecule has 2 heterocycles.